The number of carbonyl (C=O) groups excluding carboxylic acids is 1. The van der Waals surface area contributed by atoms with E-state index in [4.69, 9.17) is 4.74 Å². The molecule has 2 amide bonds. The summed E-state index contributed by atoms with van der Waals surface area (Å²) in [5, 5.41) is 5.71. The Kier molecular flexibility index (Phi) is 6.03. The summed E-state index contributed by atoms with van der Waals surface area (Å²) < 4.78 is 28.2. The highest BCUT2D eigenvalue weighted by Crippen LogP contribution is 2.26. The first-order chi connectivity index (χ1) is 12.5. The minimum absolute atomic E-state index is 0.0362. The molecule has 0 unspecified atom stereocenters. The van der Waals surface area contributed by atoms with Crippen LogP contribution in [0.2, 0.25) is 0 Å². The number of hydrogen-bond acceptors (Lipinski definition) is 5. The van der Waals surface area contributed by atoms with Gasteiger partial charge in [0.25, 0.3) is 0 Å². The third-order valence-electron chi connectivity index (χ3n) is 5.11. The molecule has 0 saturated carbocycles. The summed E-state index contributed by atoms with van der Waals surface area (Å²) >= 11 is 0. The van der Waals surface area contributed by atoms with Crippen LogP contribution in [-0.2, 0) is 9.84 Å². The molecule has 8 heteroatoms. The van der Waals surface area contributed by atoms with Crippen molar-refractivity contribution in [1.29, 1.82) is 0 Å². The molecule has 26 heavy (non-hydrogen) atoms. The zero-order valence-electron chi connectivity index (χ0n) is 15.1. The van der Waals surface area contributed by atoms with E-state index >= 15 is 0 Å². The molecule has 2 saturated heterocycles. The molecular weight excluding hydrogens is 354 g/mol. The Hall–Kier alpha value is -1.80. The van der Waals surface area contributed by atoms with E-state index in [0.29, 0.717) is 13.0 Å². The van der Waals surface area contributed by atoms with Gasteiger partial charge in [-0.25, -0.2) is 13.2 Å². The van der Waals surface area contributed by atoms with E-state index in [1.165, 1.54) is 12.8 Å². The van der Waals surface area contributed by atoms with Gasteiger partial charge in [-0.2, -0.15) is 0 Å². The van der Waals surface area contributed by atoms with Gasteiger partial charge in [-0.3, -0.25) is 4.90 Å². The molecule has 7 nitrogen and oxygen atoms in total. The highest BCUT2D eigenvalue weighted by molar-refractivity contribution is 7.91. The topological polar surface area (TPSA) is 87.7 Å². The lowest BCUT2D eigenvalue weighted by Crippen LogP contribution is -2.45. The van der Waals surface area contributed by atoms with Gasteiger partial charge in [-0.05, 0) is 50.0 Å². The summed E-state index contributed by atoms with van der Waals surface area (Å²) in [6.45, 7) is 2.51. The standard InChI is InChI=1S/C18H27N3O4S/c1-25-16-6-4-14(5-7-16)17(21-9-2-3-10-21)12-19-18(22)20-15-8-11-26(23,24)13-15/h4-7,15,17H,2-3,8-13H2,1H3,(H2,19,20,22)/t15-,17+/m1/s1. The maximum Gasteiger partial charge on any atom is 0.315 e. The van der Waals surface area contributed by atoms with Gasteiger partial charge in [0, 0.05) is 12.6 Å². The Balaban J connectivity index is 1.59. The lowest BCUT2D eigenvalue weighted by atomic mass is 10.1. The van der Waals surface area contributed by atoms with Gasteiger partial charge < -0.3 is 15.4 Å². The fourth-order valence-electron chi connectivity index (χ4n) is 3.67. The van der Waals surface area contributed by atoms with Gasteiger partial charge in [0.1, 0.15) is 5.75 Å². The lowest BCUT2D eigenvalue weighted by Gasteiger charge is -2.28. The molecule has 0 aromatic heterocycles. The lowest BCUT2D eigenvalue weighted by molar-refractivity contribution is 0.219. The molecule has 3 rings (SSSR count). The number of amides is 2. The highest BCUT2D eigenvalue weighted by atomic mass is 32.2. The monoisotopic (exact) mass is 381 g/mol. The molecule has 0 bridgehead atoms. The first-order valence-corrected chi connectivity index (χ1v) is 10.9. The fraction of sp³-hybridized carbons (Fsp3) is 0.611. The molecule has 1 aromatic carbocycles. The summed E-state index contributed by atoms with van der Waals surface area (Å²) in [5.74, 6) is 0.997. The average Bonchev–Trinajstić information content (AvgIpc) is 3.25. The van der Waals surface area contributed by atoms with Gasteiger partial charge in [-0.1, -0.05) is 12.1 Å². The van der Waals surface area contributed by atoms with E-state index in [1.54, 1.807) is 7.11 Å². The van der Waals surface area contributed by atoms with Crippen LogP contribution in [0.1, 0.15) is 30.9 Å². The Labute approximate surface area is 155 Å². The number of sulfone groups is 1. The van der Waals surface area contributed by atoms with Gasteiger partial charge in [-0.15, -0.1) is 0 Å². The number of ether oxygens (including phenoxy) is 1. The Morgan fingerprint density at radius 3 is 2.54 bits per heavy atom. The third-order valence-corrected chi connectivity index (χ3v) is 6.87. The second-order valence-corrected chi connectivity index (χ2v) is 9.22. The second-order valence-electron chi connectivity index (χ2n) is 6.99. The number of urea groups is 1. The van der Waals surface area contributed by atoms with Crippen LogP contribution in [0.5, 0.6) is 5.75 Å². The molecule has 144 valence electrons. The van der Waals surface area contributed by atoms with E-state index in [1.807, 2.05) is 24.3 Å². The third kappa shape index (κ3) is 4.88. The molecule has 2 aliphatic heterocycles. The molecule has 0 aliphatic carbocycles. The smallest absolute Gasteiger partial charge is 0.315 e. The number of hydrogen-bond donors (Lipinski definition) is 2. The van der Waals surface area contributed by atoms with Crippen LogP contribution in [0.4, 0.5) is 4.79 Å². The highest BCUT2D eigenvalue weighted by Gasteiger charge is 2.29. The van der Waals surface area contributed by atoms with Gasteiger partial charge in [0.2, 0.25) is 0 Å². The van der Waals surface area contributed by atoms with Gasteiger partial charge in [0.15, 0.2) is 9.84 Å². The molecule has 2 atom stereocenters. The fourth-order valence-corrected chi connectivity index (χ4v) is 5.35. The molecule has 2 heterocycles. The predicted octanol–water partition coefficient (Wildman–Crippen LogP) is 1.32. The van der Waals surface area contributed by atoms with E-state index in [2.05, 4.69) is 15.5 Å². The molecule has 2 N–H and O–H groups in total. The van der Waals surface area contributed by atoms with Crippen LogP contribution in [0, 0.1) is 0 Å². The second kappa shape index (κ2) is 8.26. The Bertz CT molecular complexity index is 714. The normalized spacial score (nSPS) is 23.5. The van der Waals surface area contributed by atoms with Crippen molar-refractivity contribution in [3.05, 3.63) is 29.8 Å². The number of nitrogens with zero attached hydrogens (tertiary/aromatic N) is 1. The Morgan fingerprint density at radius 2 is 1.96 bits per heavy atom. The molecule has 2 aliphatic rings. The number of likely N-dealkylation sites (tertiary alicyclic amines) is 1. The predicted molar refractivity (Wildman–Crippen MR) is 100 cm³/mol. The zero-order chi connectivity index (χ0) is 18.6. The summed E-state index contributed by atoms with van der Waals surface area (Å²) in [6.07, 6.45) is 2.82. The summed E-state index contributed by atoms with van der Waals surface area (Å²) in [6, 6.07) is 7.44. The van der Waals surface area contributed by atoms with Crippen LogP contribution >= 0.6 is 0 Å². The van der Waals surface area contributed by atoms with Gasteiger partial charge in [0.05, 0.1) is 24.7 Å². The summed E-state index contributed by atoms with van der Waals surface area (Å²) in [5.41, 5.74) is 1.14. The quantitative estimate of drug-likeness (QED) is 0.776. The first-order valence-electron chi connectivity index (χ1n) is 9.09. The van der Waals surface area contributed by atoms with Crippen LogP contribution < -0.4 is 15.4 Å². The number of nitrogens with one attached hydrogen (secondary N) is 2. The van der Waals surface area contributed by atoms with Gasteiger partial charge >= 0.3 is 6.03 Å². The van der Waals surface area contributed by atoms with E-state index < -0.39 is 9.84 Å². The van der Waals surface area contributed by atoms with Crippen molar-refractivity contribution in [3.8, 4) is 5.75 Å². The van der Waals surface area contributed by atoms with Crippen LogP contribution in [-0.4, -0.2) is 63.6 Å². The largest absolute Gasteiger partial charge is 0.497 e. The van der Waals surface area contributed by atoms with E-state index in [9.17, 15) is 13.2 Å². The van der Waals surface area contributed by atoms with Crippen LogP contribution in [0.25, 0.3) is 0 Å². The van der Waals surface area contributed by atoms with E-state index in [0.717, 1.165) is 24.4 Å². The minimum atomic E-state index is -3.00. The van der Waals surface area contributed by atoms with Crippen molar-refractivity contribution in [2.75, 3.05) is 38.2 Å². The van der Waals surface area contributed by atoms with Crippen LogP contribution in [0.3, 0.4) is 0 Å². The molecule has 2 fully saturated rings. The van der Waals surface area contributed by atoms with Crippen molar-refractivity contribution < 1.29 is 17.9 Å². The molecule has 0 radical (unpaired) electrons. The number of methoxy groups -OCH3 is 1. The number of benzene rings is 1. The summed E-state index contributed by atoms with van der Waals surface area (Å²) in [4.78, 5) is 14.6. The summed E-state index contributed by atoms with van der Waals surface area (Å²) in [7, 11) is -1.36. The maximum atomic E-state index is 12.2. The number of carbonyl (C=O) groups is 1. The van der Waals surface area contributed by atoms with Crippen LogP contribution in [0.15, 0.2) is 24.3 Å². The van der Waals surface area contributed by atoms with Crippen molar-refractivity contribution in [2.45, 2.75) is 31.3 Å². The van der Waals surface area contributed by atoms with Crippen molar-refractivity contribution in [1.82, 2.24) is 15.5 Å². The molecule has 1 aromatic rings. The van der Waals surface area contributed by atoms with Crippen molar-refractivity contribution >= 4 is 15.9 Å². The zero-order valence-corrected chi connectivity index (χ0v) is 15.9. The number of rotatable bonds is 6. The SMILES string of the molecule is COc1ccc([C@H](CNC(=O)N[C@@H]2CCS(=O)(=O)C2)N2CCCC2)cc1. The molecular formula is C18H27N3O4S. The molecule has 0 spiro atoms. The minimum Gasteiger partial charge on any atom is -0.497 e. The van der Waals surface area contributed by atoms with Crippen molar-refractivity contribution in [3.63, 3.8) is 0 Å². The maximum absolute atomic E-state index is 12.2. The first kappa shape index (κ1) is 19.0. The average molecular weight is 381 g/mol. The van der Waals surface area contributed by atoms with Crippen molar-refractivity contribution in [2.24, 2.45) is 0 Å². The van der Waals surface area contributed by atoms with E-state index in [-0.39, 0.29) is 29.6 Å². The Morgan fingerprint density at radius 1 is 1.27 bits per heavy atom.